The first-order valence-corrected chi connectivity index (χ1v) is 5.00. The molecule has 1 heterocycles. The van der Waals surface area contributed by atoms with Crippen LogP contribution in [-0.2, 0) is 4.79 Å². The summed E-state index contributed by atoms with van der Waals surface area (Å²) in [5.74, 6) is 0. The second kappa shape index (κ2) is 4.26. The normalized spacial score (nSPS) is 23.5. The highest BCUT2D eigenvalue weighted by atomic mass is 79.9. The van der Waals surface area contributed by atoms with Gasteiger partial charge in [0.2, 0.25) is 0 Å². The van der Waals surface area contributed by atoms with Crippen molar-refractivity contribution in [2.75, 3.05) is 6.54 Å². The minimum absolute atomic E-state index is 0.223. The Balaban J connectivity index is 2.57. The predicted octanol–water partition coefficient (Wildman–Crippen LogP) is 2.15. The maximum atomic E-state index is 10.3. The average molecular weight is 282 g/mol. The molecule has 0 aromatic heterocycles. The number of amides is 1. The van der Waals surface area contributed by atoms with Crippen LogP contribution in [0.5, 0.6) is 0 Å². The number of hydrogen-bond donors (Lipinski definition) is 0. The molecule has 0 aromatic rings. The van der Waals surface area contributed by atoms with E-state index >= 15 is 0 Å². The van der Waals surface area contributed by atoms with Crippen molar-refractivity contribution in [2.45, 2.75) is 18.9 Å². The lowest BCUT2D eigenvalue weighted by Gasteiger charge is -2.14. The summed E-state index contributed by atoms with van der Waals surface area (Å²) in [6.45, 7) is 0.831. The number of halogens is 2. The minimum atomic E-state index is 0.223. The summed E-state index contributed by atoms with van der Waals surface area (Å²) < 4.78 is 0.900. The van der Waals surface area contributed by atoms with E-state index in [0.29, 0.717) is 0 Å². The van der Waals surface area contributed by atoms with Crippen LogP contribution in [0.4, 0.5) is 0 Å². The maximum Gasteiger partial charge on any atom is 0.312 e. The van der Waals surface area contributed by atoms with Gasteiger partial charge in [-0.3, -0.25) is 4.79 Å². The molecule has 11 heavy (non-hydrogen) atoms. The summed E-state index contributed by atoms with van der Waals surface area (Å²) in [5.41, 5.74) is 0. The molecule has 4 heteroatoms. The summed E-state index contributed by atoms with van der Waals surface area (Å²) in [5, 5.41) is 0. The van der Waals surface area contributed by atoms with Crippen LogP contribution in [0.1, 0.15) is 12.8 Å². The Labute approximate surface area is 82.9 Å². The molecule has 0 bridgehead atoms. The van der Waals surface area contributed by atoms with E-state index in [-0.39, 0.29) is 6.04 Å². The van der Waals surface area contributed by atoms with Crippen LogP contribution in [0.15, 0.2) is 9.47 Å². The lowest BCUT2D eigenvalue weighted by molar-refractivity contribution is 0.398. The van der Waals surface area contributed by atoms with Crippen LogP contribution in [0, 0.1) is 0 Å². The topological polar surface area (TPSA) is 20.3 Å². The monoisotopic (exact) mass is 280 g/mol. The lowest BCUT2D eigenvalue weighted by Crippen LogP contribution is -2.25. The zero-order chi connectivity index (χ0) is 8.27. The Morgan fingerprint density at radius 2 is 2.36 bits per heavy atom. The fraction of sp³-hybridized carbons (Fsp3) is 0.571. The molecule has 1 radical (unpaired) electrons. The van der Waals surface area contributed by atoms with Crippen molar-refractivity contribution in [3.05, 3.63) is 9.47 Å². The second-order valence-electron chi connectivity index (χ2n) is 2.45. The van der Waals surface area contributed by atoms with Gasteiger partial charge < -0.3 is 4.90 Å². The van der Waals surface area contributed by atoms with Gasteiger partial charge in [-0.05, 0) is 50.8 Å². The van der Waals surface area contributed by atoms with Gasteiger partial charge in [0.25, 0.3) is 0 Å². The van der Waals surface area contributed by atoms with Crippen molar-refractivity contribution in [3.63, 3.8) is 0 Å². The number of likely N-dealkylation sites (tertiary alicyclic amines) is 1. The molecule has 0 aromatic carbocycles. The Kier molecular flexibility index (Phi) is 3.59. The third-order valence-electron chi connectivity index (χ3n) is 1.73. The van der Waals surface area contributed by atoms with E-state index in [1.165, 1.54) is 0 Å². The molecule has 1 fully saturated rings. The summed E-state index contributed by atoms with van der Waals surface area (Å²) in [4.78, 5) is 12.0. The van der Waals surface area contributed by atoms with Crippen LogP contribution in [-0.4, -0.2) is 23.9 Å². The van der Waals surface area contributed by atoms with Crippen LogP contribution < -0.4 is 0 Å². The molecule has 0 N–H and O–H groups in total. The molecule has 1 aliphatic rings. The van der Waals surface area contributed by atoms with Gasteiger partial charge >= 0.3 is 6.41 Å². The van der Waals surface area contributed by atoms with Gasteiger partial charge in [0.05, 0.1) is 9.43 Å². The molecule has 1 rings (SSSR count). The quantitative estimate of drug-likeness (QED) is 0.760. The van der Waals surface area contributed by atoms with Crippen molar-refractivity contribution in [3.8, 4) is 0 Å². The van der Waals surface area contributed by atoms with Gasteiger partial charge in [-0.15, -0.1) is 0 Å². The van der Waals surface area contributed by atoms with Gasteiger partial charge in [-0.1, -0.05) is 0 Å². The maximum absolute atomic E-state index is 10.3. The fourth-order valence-electron chi connectivity index (χ4n) is 1.22. The van der Waals surface area contributed by atoms with E-state index < -0.39 is 0 Å². The van der Waals surface area contributed by atoms with E-state index in [0.717, 1.165) is 22.8 Å². The minimum Gasteiger partial charge on any atom is -0.328 e. The summed E-state index contributed by atoms with van der Waals surface area (Å²) in [6, 6.07) is 0.223. The Morgan fingerprint density at radius 3 is 2.91 bits per heavy atom. The number of hydrogen-bond acceptors (Lipinski definition) is 1. The average Bonchev–Trinajstić information content (AvgIpc) is 2.34. The van der Waals surface area contributed by atoms with E-state index in [1.807, 2.05) is 12.5 Å². The molecule has 1 unspecified atom stereocenters. The summed E-state index contributed by atoms with van der Waals surface area (Å²) in [7, 11) is 0. The smallest absolute Gasteiger partial charge is 0.312 e. The zero-order valence-electron chi connectivity index (χ0n) is 5.89. The standard InChI is InChI=1S/C7H8Br2NO/c8-7(9)4-6-2-1-3-10(6)5-11/h4,6H,1-3H2. The SMILES string of the molecule is O=[C]N1CCCC1C=C(Br)Br. The molecular weight excluding hydrogens is 274 g/mol. The number of rotatable bonds is 2. The van der Waals surface area contributed by atoms with Crippen molar-refractivity contribution in [1.82, 2.24) is 4.90 Å². The number of carbonyl (C=O) groups excluding carboxylic acids is 1. The highest BCUT2D eigenvalue weighted by Gasteiger charge is 2.21. The second-order valence-corrected chi connectivity index (χ2v) is 5.22. The third-order valence-corrected chi connectivity index (χ3v) is 2.26. The Bertz CT molecular complexity index is 177. The largest absolute Gasteiger partial charge is 0.328 e. The zero-order valence-corrected chi connectivity index (χ0v) is 9.06. The molecule has 1 atom stereocenters. The summed E-state index contributed by atoms with van der Waals surface area (Å²) in [6.07, 6.45) is 6.00. The highest BCUT2D eigenvalue weighted by molar-refractivity contribution is 9.28. The highest BCUT2D eigenvalue weighted by Crippen LogP contribution is 2.22. The van der Waals surface area contributed by atoms with E-state index in [2.05, 4.69) is 31.9 Å². The first-order valence-electron chi connectivity index (χ1n) is 3.41. The van der Waals surface area contributed by atoms with Crippen molar-refractivity contribution >= 4 is 38.3 Å². The van der Waals surface area contributed by atoms with Gasteiger partial charge in [0, 0.05) is 6.54 Å². The van der Waals surface area contributed by atoms with Gasteiger partial charge in [-0.2, -0.15) is 0 Å². The van der Waals surface area contributed by atoms with E-state index in [9.17, 15) is 4.79 Å². The number of nitrogens with zero attached hydrogens (tertiary/aromatic N) is 1. The molecule has 0 aliphatic carbocycles. The van der Waals surface area contributed by atoms with E-state index in [4.69, 9.17) is 0 Å². The van der Waals surface area contributed by atoms with Crippen molar-refractivity contribution in [2.24, 2.45) is 0 Å². The molecule has 0 spiro atoms. The lowest BCUT2D eigenvalue weighted by atomic mass is 10.2. The molecular formula is C7H8Br2NO. The summed E-state index contributed by atoms with van der Waals surface area (Å²) >= 11 is 6.52. The first kappa shape index (κ1) is 9.26. The fourth-order valence-corrected chi connectivity index (χ4v) is 1.83. The molecule has 2 nitrogen and oxygen atoms in total. The molecule has 0 saturated carbocycles. The van der Waals surface area contributed by atoms with Crippen LogP contribution in [0.3, 0.4) is 0 Å². The third kappa shape index (κ3) is 2.60. The van der Waals surface area contributed by atoms with Crippen LogP contribution >= 0.6 is 31.9 Å². The van der Waals surface area contributed by atoms with Gasteiger partial charge in [0.15, 0.2) is 0 Å². The molecule has 1 saturated heterocycles. The van der Waals surface area contributed by atoms with Crippen molar-refractivity contribution in [1.29, 1.82) is 0 Å². The molecule has 1 amide bonds. The van der Waals surface area contributed by atoms with Crippen LogP contribution in [0.25, 0.3) is 0 Å². The Morgan fingerprint density at radius 1 is 1.64 bits per heavy atom. The first-order chi connectivity index (χ1) is 5.24. The molecule has 61 valence electrons. The van der Waals surface area contributed by atoms with Crippen molar-refractivity contribution < 1.29 is 4.79 Å². The predicted molar refractivity (Wildman–Crippen MR) is 51.4 cm³/mol. The Hall–Kier alpha value is 0.170. The van der Waals surface area contributed by atoms with Crippen LogP contribution in [0.2, 0.25) is 0 Å². The van der Waals surface area contributed by atoms with Gasteiger partial charge in [0.1, 0.15) is 0 Å². The van der Waals surface area contributed by atoms with E-state index in [1.54, 1.807) is 4.90 Å². The van der Waals surface area contributed by atoms with Gasteiger partial charge in [-0.25, -0.2) is 0 Å². The molecule has 1 aliphatic heterocycles.